The molecular weight excluding hydrogens is 264 g/mol. The third-order valence-corrected chi connectivity index (χ3v) is 4.39. The van der Waals surface area contributed by atoms with E-state index in [1.807, 2.05) is 43.3 Å². The number of hydrogen-bond acceptors (Lipinski definition) is 3. The normalized spacial score (nSPS) is 11.0. The Bertz CT molecular complexity index is 734. The van der Waals surface area contributed by atoms with Crippen molar-refractivity contribution < 1.29 is 0 Å². The van der Waals surface area contributed by atoms with Crippen LogP contribution in [0.25, 0.3) is 20.8 Å². The first-order valence-electron chi connectivity index (χ1n) is 5.57. The molecule has 0 aliphatic carbocycles. The number of nitrogens with zero attached hydrogens (tertiary/aromatic N) is 1. The Morgan fingerprint density at radius 3 is 2.89 bits per heavy atom. The molecule has 0 fully saturated rings. The van der Waals surface area contributed by atoms with E-state index in [0.717, 1.165) is 37.1 Å². The molecule has 0 bridgehead atoms. The fraction of sp³-hybridized carbons (Fsp3) is 0.0714. The quantitative estimate of drug-likeness (QED) is 0.663. The molecule has 1 heterocycles. The Morgan fingerprint density at radius 2 is 2.06 bits per heavy atom. The summed E-state index contributed by atoms with van der Waals surface area (Å²) in [5, 5.41) is 1.70. The largest absolute Gasteiger partial charge is 0.399 e. The molecule has 0 radical (unpaired) electrons. The lowest BCUT2D eigenvalue weighted by atomic mass is 10.1. The number of halogens is 1. The summed E-state index contributed by atoms with van der Waals surface area (Å²) in [7, 11) is 0. The van der Waals surface area contributed by atoms with Gasteiger partial charge in [-0.15, -0.1) is 11.3 Å². The molecule has 3 rings (SSSR count). The predicted molar refractivity (Wildman–Crippen MR) is 79.2 cm³/mol. The lowest BCUT2D eigenvalue weighted by Crippen LogP contribution is -1.82. The number of anilines is 1. The van der Waals surface area contributed by atoms with Crippen LogP contribution in [-0.4, -0.2) is 4.98 Å². The van der Waals surface area contributed by atoms with E-state index in [2.05, 4.69) is 4.98 Å². The molecule has 4 heteroatoms. The second kappa shape index (κ2) is 4.26. The fourth-order valence-corrected chi connectivity index (χ4v) is 3.19. The van der Waals surface area contributed by atoms with Crippen LogP contribution in [0.2, 0.25) is 5.02 Å². The molecule has 0 aliphatic heterocycles. The van der Waals surface area contributed by atoms with E-state index in [0.29, 0.717) is 0 Å². The van der Waals surface area contributed by atoms with Crippen molar-refractivity contribution in [2.24, 2.45) is 0 Å². The van der Waals surface area contributed by atoms with Crippen LogP contribution in [0.4, 0.5) is 5.69 Å². The van der Waals surface area contributed by atoms with E-state index in [9.17, 15) is 0 Å². The highest BCUT2D eigenvalue weighted by molar-refractivity contribution is 7.21. The van der Waals surface area contributed by atoms with Crippen molar-refractivity contribution in [2.45, 2.75) is 6.92 Å². The van der Waals surface area contributed by atoms with Gasteiger partial charge in [-0.05, 0) is 30.7 Å². The first-order valence-corrected chi connectivity index (χ1v) is 6.76. The fourth-order valence-electron chi connectivity index (χ4n) is 1.87. The molecule has 2 N–H and O–H groups in total. The van der Waals surface area contributed by atoms with E-state index < -0.39 is 0 Å². The summed E-state index contributed by atoms with van der Waals surface area (Å²) in [6.45, 7) is 2.00. The molecule has 3 aromatic rings. The number of nitrogen functional groups attached to an aromatic ring is 1. The molecule has 0 unspecified atom stereocenters. The van der Waals surface area contributed by atoms with Crippen LogP contribution >= 0.6 is 22.9 Å². The van der Waals surface area contributed by atoms with Gasteiger partial charge in [-0.3, -0.25) is 0 Å². The number of aromatic nitrogens is 1. The first kappa shape index (κ1) is 11.5. The molecule has 2 nitrogen and oxygen atoms in total. The Hall–Kier alpha value is -1.58. The van der Waals surface area contributed by atoms with Crippen LogP contribution in [0.15, 0.2) is 36.4 Å². The van der Waals surface area contributed by atoms with E-state index >= 15 is 0 Å². The van der Waals surface area contributed by atoms with Crippen molar-refractivity contribution in [3.8, 4) is 10.6 Å². The SMILES string of the molecule is Cc1cccc(-c2nc3ccc(N)cc3s2)c1Cl. The molecule has 90 valence electrons. The number of benzene rings is 2. The van der Waals surface area contributed by atoms with Crippen LogP contribution in [0.5, 0.6) is 0 Å². The van der Waals surface area contributed by atoms with Crippen LogP contribution in [-0.2, 0) is 0 Å². The topological polar surface area (TPSA) is 38.9 Å². The van der Waals surface area contributed by atoms with Crippen LogP contribution in [0.1, 0.15) is 5.56 Å². The Labute approximate surface area is 114 Å². The molecule has 0 atom stereocenters. The Balaban J connectivity index is 2.22. The van der Waals surface area contributed by atoms with Crippen molar-refractivity contribution in [3.05, 3.63) is 47.0 Å². The van der Waals surface area contributed by atoms with Crippen molar-refractivity contribution in [1.29, 1.82) is 0 Å². The predicted octanol–water partition coefficient (Wildman–Crippen LogP) is 4.51. The minimum atomic E-state index is 0.757. The molecule has 2 aromatic carbocycles. The summed E-state index contributed by atoms with van der Waals surface area (Å²) in [4.78, 5) is 4.60. The monoisotopic (exact) mass is 274 g/mol. The molecule has 0 amide bonds. The highest BCUT2D eigenvalue weighted by Gasteiger charge is 2.10. The second-order valence-electron chi connectivity index (χ2n) is 4.18. The van der Waals surface area contributed by atoms with Gasteiger partial charge in [-0.25, -0.2) is 4.98 Å². The van der Waals surface area contributed by atoms with E-state index in [4.69, 9.17) is 17.3 Å². The number of fused-ring (bicyclic) bond motifs is 1. The van der Waals surface area contributed by atoms with Crippen molar-refractivity contribution in [3.63, 3.8) is 0 Å². The number of hydrogen-bond donors (Lipinski definition) is 1. The summed E-state index contributed by atoms with van der Waals surface area (Å²) in [5.74, 6) is 0. The van der Waals surface area contributed by atoms with E-state index in [1.165, 1.54) is 0 Å². The molecule has 18 heavy (non-hydrogen) atoms. The highest BCUT2D eigenvalue weighted by Crippen LogP contribution is 2.36. The molecule has 0 spiro atoms. The van der Waals surface area contributed by atoms with Gasteiger partial charge in [0.1, 0.15) is 5.01 Å². The molecule has 1 aromatic heterocycles. The number of thiazole rings is 1. The van der Waals surface area contributed by atoms with Gasteiger partial charge in [-0.1, -0.05) is 29.8 Å². The van der Waals surface area contributed by atoms with Crippen molar-refractivity contribution in [1.82, 2.24) is 4.98 Å². The lowest BCUT2D eigenvalue weighted by Gasteiger charge is -2.02. The minimum Gasteiger partial charge on any atom is -0.399 e. The van der Waals surface area contributed by atoms with Crippen LogP contribution in [0.3, 0.4) is 0 Å². The average molecular weight is 275 g/mol. The first-order chi connectivity index (χ1) is 8.65. The third-order valence-electron chi connectivity index (χ3n) is 2.83. The zero-order valence-corrected chi connectivity index (χ0v) is 11.3. The summed E-state index contributed by atoms with van der Waals surface area (Å²) >= 11 is 7.94. The van der Waals surface area contributed by atoms with Gasteiger partial charge in [0.2, 0.25) is 0 Å². The Kier molecular flexibility index (Phi) is 2.73. The van der Waals surface area contributed by atoms with E-state index in [1.54, 1.807) is 11.3 Å². The maximum atomic E-state index is 6.33. The van der Waals surface area contributed by atoms with Gasteiger partial charge < -0.3 is 5.73 Å². The van der Waals surface area contributed by atoms with Crippen LogP contribution in [0, 0.1) is 6.92 Å². The summed E-state index contributed by atoms with van der Waals surface area (Å²) in [6.07, 6.45) is 0. The van der Waals surface area contributed by atoms with Crippen LogP contribution < -0.4 is 5.73 Å². The molecular formula is C14H11ClN2S. The highest BCUT2D eigenvalue weighted by atomic mass is 35.5. The summed E-state index contributed by atoms with van der Waals surface area (Å²) in [6, 6.07) is 11.7. The standard InChI is InChI=1S/C14H11ClN2S/c1-8-3-2-4-10(13(8)15)14-17-11-6-5-9(16)7-12(11)18-14/h2-7H,16H2,1H3. The third kappa shape index (κ3) is 1.85. The van der Waals surface area contributed by atoms with Crippen molar-refractivity contribution >= 4 is 38.8 Å². The summed E-state index contributed by atoms with van der Waals surface area (Å²) < 4.78 is 1.09. The van der Waals surface area contributed by atoms with Gasteiger partial charge in [0.15, 0.2) is 0 Å². The van der Waals surface area contributed by atoms with Gasteiger partial charge in [0.25, 0.3) is 0 Å². The zero-order chi connectivity index (χ0) is 12.7. The lowest BCUT2D eigenvalue weighted by molar-refractivity contribution is 1.43. The van der Waals surface area contributed by atoms with Gasteiger partial charge >= 0.3 is 0 Å². The number of nitrogens with two attached hydrogens (primary N) is 1. The minimum absolute atomic E-state index is 0.757. The zero-order valence-electron chi connectivity index (χ0n) is 9.77. The molecule has 0 aliphatic rings. The molecule has 0 saturated carbocycles. The average Bonchev–Trinajstić information content (AvgIpc) is 2.75. The number of rotatable bonds is 1. The van der Waals surface area contributed by atoms with Crippen molar-refractivity contribution in [2.75, 3.05) is 5.73 Å². The van der Waals surface area contributed by atoms with E-state index in [-0.39, 0.29) is 0 Å². The maximum absolute atomic E-state index is 6.33. The van der Waals surface area contributed by atoms with Gasteiger partial charge in [-0.2, -0.15) is 0 Å². The van der Waals surface area contributed by atoms with Gasteiger partial charge in [0.05, 0.1) is 15.2 Å². The Morgan fingerprint density at radius 1 is 1.22 bits per heavy atom. The second-order valence-corrected chi connectivity index (χ2v) is 5.59. The smallest absolute Gasteiger partial charge is 0.126 e. The maximum Gasteiger partial charge on any atom is 0.126 e. The van der Waals surface area contributed by atoms with Gasteiger partial charge in [0, 0.05) is 11.3 Å². The molecule has 0 saturated heterocycles. The summed E-state index contributed by atoms with van der Waals surface area (Å²) in [5.41, 5.74) is 9.54. The number of aryl methyl sites for hydroxylation is 1.